The molecule has 88 valence electrons. The topological polar surface area (TPSA) is 93.2 Å². The van der Waals surface area contributed by atoms with Gasteiger partial charge in [0, 0.05) is 11.9 Å². The number of hydrogen-bond acceptors (Lipinski definition) is 5. The van der Waals surface area contributed by atoms with Crippen LogP contribution in [0.4, 0.5) is 5.69 Å². The maximum absolute atomic E-state index is 11.5. The van der Waals surface area contributed by atoms with E-state index in [9.17, 15) is 14.9 Å². The van der Waals surface area contributed by atoms with E-state index in [-0.39, 0.29) is 17.0 Å². The van der Waals surface area contributed by atoms with Gasteiger partial charge in [0.1, 0.15) is 11.6 Å². The zero-order chi connectivity index (χ0) is 13.0. The fraction of sp³-hybridized carbons (Fsp3) is 0.200. The Morgan fingerprint density at radius 2 is 2.29 bits per heavy atom. The smallest absolute Gasteiger partial charge is 0.339 e. The highest BCUT2D eigenvalue weighted by atomic mass is 35.5. The Bertz CT molecular complexity index is 522. The number of rotatable bonds is 3. The highest BCUT2D eigenvalue weighted by Crippen LogP contribution is 2.26. The molecule has 0 aliphatic rings. The van der Waals surface area contributed by atoms with Crippen LogP contribution in [-0.2, 0) is 10.6 Å². The van der Waals surface area contributed by atoms with Gasteiger partial charge >= 0.3 is 5.97 Å². The first-order chi connectivity index (χ1) is 8.06. The zero-order valence-corrected chi connectivity index (χ0v) is 9.52. The number of alkyl halides is 1. The number of halogens is 1. The molecule has 1 aromatic rings. The van der Waals surface area contributed by atoms with Gasteiger partial charge < -0.3 is 4.74 Å². The molecular weight excluding hydrogens is 248 g/mol. The molecule has 0 radical (unpaired) electrons. The first kappa shape index (κ1) is 12.9. The van der Waals surface area contributed by atoms with Crippen LogP contribution in [0.2, 0.25) is 0 Å². The Kier molecular flexibility index (Phi) is 4.01. The molecule has 0 aliphatic heterocycles. The lowest BCUT2D eigenvalue weighted by atomic mass is 10.0. The number of esters is 1. The third-order valence-corrected chi connectivity index (χ3v) is 2.40. The summed E-state index contributed by atoms with van der Waals surface area (Å²) in [5.74, 6) is -0.863. The largest absolute Gasteiger partial charge is 0.465 e. The summed E-state index contributed by atoms with van der Waals surface area (Å²) in [6.45, 7) is 0. The number of nitriles is 1. The van der Waals surface area contributed by atoms with Gasteiger partial charge in [0.25, 0.3) is 5.69 Å². The Morgan fingerprint density at radius 1 is 1.65 bits per heavy atom. The lowest BCUT2D eigenvalue weighted by Crippen LogP contribution is -2.10. The molecule has 0 spiro atoms. The predicted octanol–water partition coefficient (Wildman–Crippen LogP) is 1.99. The molecule has 0 saturated heterocycles. The fourth-order valence-corrected chi connectivity index (χ4v) is 1.57. The van der Waals surface area contributed by atoms with Crippen LogP contribution >= 0.6 is 11.6 Å². The molecule has 0 N–H and O–H groups in total. The van der Waals surface area contributed by atoms with Crippen LogP contribution in [0, 0.1) is 21.4 Å². The number of hydrogen-bond donors (Lipinski definition) is 0. The Morgan fingerprint density at radius 3 is 2.71 bits per heavy atom. The molecule has 0 bridgehead atoms. The van der Waals surface area contributed by atoms with E-state index in [1.165, 1.54) is 6.07 Å². The molecule has 0 amide bonds. The van der Waals surface area contributed by atoms with Crippen LogP contribution in [0.15, 0.2) is 12.1 Å². The van der Waals surface area contributed by atoms with E-state index in [0.29, 0.717) is 5.56 Å². The van der Waals surface area contributed by atoms with Crippen molar-refractivity contribution in [3.05, 3.63) is 38.9 Å². The molecule has 0 aliphatic carbocycles. The van der Waals surface area contributed by atoms with Crippen molar-refractivity contribution in [2.45, 2.75) is 5.88 Å². The fourth-order valence-electron chi connectivity index (χ4n) is 1.35. The third-order valence-electron chi connectivity index (χ3n) is 2.11. The van der Waals surface area contributed by atoms with Crippen LogP contribution in [0.1, 0.15) is 21.5 Å². The summed E-state index contributed by atoms with van der Waals surface area (Å²) in [4.78, 5) is 21.5. The average molecular weight is 255 g/mol. The van der Waals surface area contributed by atoms with Crippen molar-refractivity contribution in [2.24, 2.45) is 0 Å². The molecule has 0 unspecified atom stereocenters. The summed E-state index contributed by atoms with van der Waals surface area (Å²) < 4.78 is 4.48. The van der Waals surface area contributed by atoms with Gasteiger partial charge in [0.15, 0.2) is 0 Å². The molecular formula is C10H7ClN2O4. The van der Waals surface area contributed by atoms with Crippen molar-refractivity contribution >= 4 is 23.3 Å². The van der Waals surface area contributed by atoms with Crippen LogP contribution in [0.25, 0.3) is 0 Å². The number of benzene rings is 1. The van der Waals surface area contributed by atoms with Crippen LogP contribution in [0.5, 0.6) is 0 Å². The maximum atomic E-state index is 11.5. The standard InChI is InChI=1S/C10H7ClN2O4/c1-17-10(14)9-6(4-11)2-3-8(13(15)16)7(9)5-12/h2-3H,4H2,1H3. The summed E-state index contributed by atoms with van der Waals surface area (Å²) in [6.07, 6.45) is 0. The highest BCUT2D eigenvalue weighted by Gasteiger charge is 2.25. The first-order valence-corrected chi connectivity index (χ1v) is 4.94. The Hall–Kier alpha value is -2.13. The molecule has 0 heterocycles. The van der Waals surface area contributed by atoms with Crippen molar-refractivity contribution in [1.29, 1.82) is 5.26 Å². The average Bonchev–Trinajstić information content (AvgIpc) is 2.35. The van der Waals surface area contributed by atoms with E-state index < -0.39 is 16.6 Å². The van der Waals surface area contributed by atoms with E-state index in [4.69, 9.17) is 16.9 Å². The second-order valence-corrected chi connectivity index (χ2v) is 3.26. The number of carbonyl (C=O) groups is 1. The monoisotopic (exact) mass is 254 g/mol. The van der Waals surface area contributed by atoms with Gasteiger partial charge in [-0.2, -0.15) is 5.26 Å². The van der Waals surface area contributed by atoms with Crippen molar-refractivity contribution in [2.75, 3.05) is 7.11 Å². The third kappa shape index (κ3) is 2.34. The Balaban J connectivity index is 3.62. The van der Waals surface area contributed by atoms with E-state index in [1.54, 1.807) is 6.07 Å². The van der Waals surface area contributed by atoms with Crippen molar-refractivity contribution < 1.29 is 14.5 Å². The van der Waals surface area contributed by atoms with Gasteiger partial charge in [-0.15, -0.1) is 11.6 Å². The van der Waals surface area contributed by atoms with Crippen molar-refractivity contribution in [3.8, 4) is 6.07 Å². The SMILES string of the molecule is COC(=O)c1c(CCl)ccc([N+](=O)[O-])c1C#N. The second kappa shape index (κ2) is 5.27. The van der Waals surface area contributed by atoms with E-state index in [1.807, 2.05) is 0 Å². The summed E-state index contributed by atoms with van der Waals surface area (Å²) in [5.41, 5.74) is -0.610. The predicted molar refractivity (Wildman–Crippen MR) is 58.7 cm³/mol. The minimum absolute atomic E-state index is 0.0445. The van der Waals surface area contributed by atoms with E-state index >= 15 is 0 Å². The second-order valence-electron chi connectivity index (χ2n) is 2.99. The number of carbonyl (C=O) groups excluding carboxylic acids is 1. The molecule has 7 heteroatoms. The summed E-state index contributed by atoms with van der Waals surface area (Å²) in [6, 6.07) is 4.11. The van der Waals surface area contributed by atoms with Crippen molar-refractivity contribution in [3.63, 3.8) is 0 Å². The minimum Gasteiger partial charge on any atom is -0.465 e. The van der Waals surface area contributed by atoms with Gasteiger partial charge in [-0.05, 0) is 5.56 Å². The van der Waals surface area contributed by atoms with Crippen LogP contribution in [0.3, 0.4) is 0 Å². The number of ether oxygens (including phenoxy) is 1. The quantitative estimate of drug-likeness (QED) is 0.356. The maximum Gasteiger partial charge on any atom is 0.339 e. The zero-order valence-electron chi connectivity index (χ0n) is 8.77. The molecule has 0 fully saturated rings. The lowest BCUT2D eigenvalue weighted by molar-refractivity contribution is -0.385. The molecule has 0 atom stereocenters. The van der Waals surface area contributed by atoms with Crippen LogP contribution in [-0.4, -0.2) is 18.0 Å². The lowest BCUT2D eigenvalue weighted by Gasteiger charge is -2.07. The summed E-state index contributed by atoms with van der Waals surface area (Å²) in [5, 5.41) is 19.6. The van der Waals surface area contributed by atoms with Gasteiger partial charge in [-0.25, -0.2) is 4.79 Å². The van der Waals surface area contributed by atoms with Gasteiger partial charge in [0.05, 0.1) is 17.6 Å². The van der Waals surface area contributed by atoms with Gasteiger partial charge in [0.2, 0.25) is 0 Å². The summed E-state index contributed by atoms with van der Waals surface area (Å²) >= 11 is 5.61. The van der Waals surface area contributed by atoms with Crippen molar-refractivity contribution in [1.82, 2.24) is 0 Å². The van der Waals surface area contributed by atoms with E-state index in [2.05, 4.69) is 4.74 Å². The number of nitrogens with zero attached hydrogens (tertiary/aromatic N) is 2. The number of methoxy groups -OCH3 is 1. The molecule has 1 aromatic carbocycles. The van der Waals surface area contributed by atoms with Gasteiger partial charge in [-0.3, -0.25) is 10.1 Å². The molecule has 0 saturated carbocycles. The molecule has 17 heavy (non-hydrogen) atoms. The molecule has 1 rings (SSSR count). The van der Waals surface area contributed by atoms with Gasteiger partial charge in [-0.1, -0.05) is 6.07 Å². The molecule has 0 aromatic heterocycles. The molecule has 6 nitrogen and oxygen atoms in total. The summed E-state index contributed by atoms with van der Waals surface area (Å²) in [7, 11) is 1.13. The highest BCUT2D eigenvalue weighted by molar-refractivity contribution is 6.17. The Labute approximate surface area is 102 Å². The minimum atomic E-state index is -0.819. The number of nitro benzene ring substituents is 1. The first-order valence-electron chi connectivity index (χ1n) is 4.41. The van der Waals surface area contributed by atoms with Crippen LogP contribution < -0.4 is 0 Å². The normalized spacial score (nSPS) is 9.47. The number of nitro groups is 1. The van der Waals surface area contributed by atoms with E-state index in [0.717, 1.165) is 13.2 Å².